The molecule has 2 aromatic carbocycles. The number of hydrogen-bond acceptors (Lipinski definition) is 3. The number of phenols is 2. The first-order valence-electron chi connectivity index (χ1n) is 12.1. The van der Waals surface area contributed by atoms with Crippen LogP contribution in [-0.2, 0) is 4.12 Å². The summed E-state index contributed by atoms with van der Waals surface area (Å²) in [6.07, 6.45) is 4.13. The summed E-state index contributed by atoms with van der Waals surface area (Å²) < 4.78 is 7.54. The zero-order valence-electron chi connectivity index (χ0n) is 21.5. The molecule has 0 fully saturated rings. The molecule has 0 heterocycles. The Morgan fingerprint density at radius 2 is 0.879 bits per heavy atom. The van der Waals surface area contributed by atoms with E-state index in [4.69, 9.17) is 4.12 Å². The highest BCUT2D eigenvalue weighted by molar-refractivity contribution is 6.94. The molecule has 0 bridgehead atoms. The van der Waals surface area contributed by atoms with E-state index in [9.17, 15) is 10.2 Å². The number of aromatic hydroxyl groups is 2. The van der Waals surface area contributed by atoms with Crippen LogP contribution in [0.1, 0.15) is 66.5 Å². The molecule has 0 saturated carbocycles. The Bertz CT molecular complexity index is 868. The van der Waals surface area contributed by atoms with Gasteiger partial charge in [0.05, 0.1) is 0 Å². The highest BCUT2D eigenvalue weighted by Gasteiger charge is 2.50. The van der Waals surface area contributed by atoms with E-state index in [1.165, 1.54) is 0 Å². The molecule has 0 amide bonds. The molecule has 0 saturated heterocycles. The standard InChI is InChI=1S/C28H42O3Si2/c1-21(2)32(22(3)4,19-17-25-13-9-11-15-27(25)29)31-33(23(5)6,24(7)8)20-18-26-14-10-12-16-28(26)30/h9-24,29-30H,1-8H3. The van der Waals surface area contributed by atoms with Gasteiger partial charge in [-0.3, -0.25) is 0 Å². The fourth-order valence-electron chi connectivity index (χ4n) is 4.65. The maximum Gasteiger partial charge on any atom is 0.210 e. The molecule has 0 aliphatic rings. The molecular formula is C28H42O3Si2. The molecule has 0 aliphatic heterocycles. The molecule has 2 rings (SSSR count). The van der Waals surface area contributed by atoms with Gasteiger partial charge >= 0.3 is 0 Å². The summed E-state index contributed by atoms with van der Waals surface area (Å²) >= 11 is 0. The summed E-state index contributed by atoms with van der Waals surface area (Å²) in [5.74, 6) is 0.583. The summed E-state index contributed by atoms with van der Waals surface area (Å²) in [6.45, 7) is 18.2. The zero-order chi connectivity index (χ0) is 24.8. The first kappa shape index (κ1) is 27.2. The van der Waals surface area contributed by atoms with Gasteiger partial charge in [-0.05, 0) is 34.3 Å². The van der Waals surface area contributed by atoms with E-state index in [1.807, 2.05) is 36.4 Å². The SMILES string of the molecule is CC(C)[Si](C=Cc1ccccc1O)(O[Si](C=Cc1ccccc1O)(C(C)C)C(C)C)C(C)C. The number of rotatable bonds is 10. The van der Waals surface area contributed by atoms with Gasteiger partial charge in [0.25, 0.3) is 0 Å². The monoisotopic (exact) mass is 482 g/mol. The molecule has 5 heteroatoms. The predicted molar refractivity (Wildman–Crippen MR) is 147 cm³/mol. The van der Waals surface area contributed by atoms with Crippen LogP contribution in [0.4, 0.5) is 0 Å². The van der Waals surface area contributed by atoms with Crippen molar-refractivity contribution in [2.24, 2.45) is 0 Å². The summed E-state index contributed by atoms with van der Waals surface area (Å²) in [6, 6.07) is 14.9. The third kappa shape index (κ3) is 6.08. The van der Waals surface area contributed by atoms with E-state index in [0.29, 0.717) is 33.7 Å². The van der Waals surface area contributed by atoms with E-state index in [0.717, 1.165) is 11.1 Å². The lowest BCUT2D eigenvalue weighted by Gasteiger charge is -2.47. The number of benzene rings is 2. The highest BCUT2D eigenvalue weighted by Crippen LogP contribution is 2.45. The van der Waals surface area contributed by atoms with Crippen LogP contribution < -0.4 is 0 Å². The molecule has 0 atom stereocenters. The van der Waals surface area contributed by atoms with Gasteiger partial charge in [0, 0.05) is 11.1 Å². The molecule has 0 radical (unpaired) electrons. The molecule has 3 nitrogen and oxygen atoms in total. The van der Waals surface area contributed by atoms with Gasteiger partial charge in [-0.25, -0.2) is 0 Å². The maximum atomic E-state index is 10.3. The van der Waals surface area contributed by atoms with Crippen LogP contribution in [0.3, 0.4) is 0 Å². The van der Waals surface area contributed by atoms with Gasteiger partial charge in [-0.15, -0.1) is 0 Å². The molecular weight excluding hydrogens is 440 g/mol. The van der Waals surface area contributed by atoms with Gasteiger partial charge in [0.2, 0.25) is 16.6 Å². The second-order valence-electron chi connectivity index (χ2n) is 10.2. The minimum Gasteiger partial charge on any atom is -0.507 e. The van der Waals surface area contributed by atoms with Crippen LogP contribution >= 0.6 is 0 Å². The minimum absolute atomic E-state index is 0.292. The van der Waals surface area contributed by atoms with E-state index in [2.05, 4.69) is 78.9 Å². The first-order valence-corrected chi connectivity index (χ1v) is 16.4. The Kier molecular flexibility index (Phi) is 9.35. The second kappa shape index (κ2) is 11.4. The lowest BCUT2D eigenvalue weighted by atomic mass is 10.2. The number of phenolic OH excluding ortho intramolecular Hbond substituents is 2. The zero-order valence-corrected chi connectivity index (χ0v) is 23.5. The van der Waals surface area contributed by atoms with Crippen molar-refractivity contribution in [2.75, 3.05) is 0 Å². The van der Waals surface area contributed by atoms with Crippen LogP contribution in [0.15, 0.2) is 59.9 Å². The van der Waals surface area contributed by atoms with Crippen molar-refractivity contribution in [3.63, 3.8) is 0 Å². The van der Waals surface area contributed by atoms with Crippen molar-refractivity contribution >= 4 is 28.8 Å². The van der Waals surface area contributed by atoms with E-state index in [-0.39, 0.29) is 0 Å². The maximum absolute atomic E-state index is 10.3. The van der Waals surface area contributed by atoms with Crippen molar-refractivity contribution in [3.8, 4) is 11.5 Å². The predicted octanol–water partition coefficient (Wildman–Crippen LogP) is 8.45. The fourth-order valence-corrected chi connectivity index (χ4v) is 16.5. The molecule has 0 aromatic heterocycles. The summed E-state index contributed by atoms with van der Waals surface area (Å²) in [4.78, 5) is 0. The van der Waals surface area contributed by atoms with Crippen LogP contribution in [0.2, 0.25) is 22.2 Å². The average Bonchev–Trinajstić information content (AvgIpc) is 2.74. The normalized spacial score (nSPS) is 13.5. The summed E-state index contributed by atoms with van der Waals surface area (Å²) in [5.41, 5.74) is 7.71. The van der Waals surface area contributed by atoms with Crippen molar-refractivity contribution in [2.45, 2.75) is 77.6 Å². The molecule has 2 N–H and O–H groups in total. The number of hydrogen-bond donors (Lipinski definition) is 2. The first-order chi connectivity index (χ1) is 15.5. The molecule has 0 unspecified atom stereocenters. The largest absolute Gasteiger partial charge is 0.507 e. The molecule has 33 heavy (non-hydrogen) atoms. The van der Waals surface area contributed by atoms with E-state index < -0.39 is 16.6 Å². The van der Waals surface area contributed by atoms with Crippen LogP contribution in [-0.4, -0.2) is 26.8 Å². The Morgan fingerprint density at radius 1 is 0.576 bits per heavy atom. The lowest BCUT2D eigenvalue weighted by Crippen LogP contribution is -2.56. The summed E-state index contributed by atoms with van der Waals surface area (Å²) in [7, 11) is -4.82. The second-order valence-corrected chi connectivity index (χ2v) is 19.7. The van der Waals surface area contributed by atoms with Crippen LogP contribution in [0, 0.1) is 0 Å². The average molecular weight is 483 g/mol. The Morgan fingerprint density at radius 3 is 1.15 bits per heavy atom. The van der Waals surface area contributed by atoms with E-state index >= 15 is 0 Å². The fraction of sp³-hybridized carbons (Fsp3) is 0.429. The van der Waals surface area contributed by atoms with Gasteiger partial charge in [0.1, 0.15) is 11.5 Å². The van der Waals surface area contributed by atoms with Crippen molar-refractivity contribution in [1.29, 1.82) is 0 Å². The topological polar surface area (TPSA) is 49.7 Å². The Balaban J connectivity index is 2.62. The van der Waals surface area contributed by atoms with Gasteiger partial charge in [-0.2, -0.15) is 0 Å². The van der Waals surface area contributed by atoms with Crippen LogP contribution in [0.25, 0.3) is 12.2 Å². The van der Waals surface area contributed by atoms with Crippen LogP contribution in [0.5, 0.6) is 11.5 Å². The third-order valence-electron chi connectivity index (χ3n) is 6.88. The van der Waals surface area contributed by atoms with Gasteiger partial charge in [-0.1, -0.05) is 115 Å². The Hall–Kier alpha value is -2.09. The van der Waals surface area contributed by atoms with Crippen molar-refractivity contribution in [3.05, 3.63) is 71.1 Å². The summed E-state index contributed by atoms with van der Waals surface area (Å²) in [5, 5.41) is 20.7. The molecule has 180 valence electrons. The molecule has 2 aromatic rings. The third-order valence-corrected chi connectivity index (χ3v) is 18.3. The molecule has 0 spiro atoms. The van der Waals surface area contributed by atoms with Crippen molar-refractivity contribution < 1.29 is 14.3 Å². The van der Waals surface area contributed by atoms with Gasteiger partial charge in [0.15, 0.2) is 0 Å². The lowest BCUT2D eigenvalue weighted by molar-refractivity contribution is 0.473. The molecule has 0 aliphatic carbocycles. The highest BCUT2D eigenvalue weighted by atomic mass is 28.4. The number of para-hydroxylation sites is 2. The Labute approximate surface area is 203 Å². The smallest absolute Gasteiger partial charge is 0.210 e. The van der Waals surface area contributed by atoms with Crippen molar-refractivity contribution in [1.82, 2.24) is 0 Å². The minimum atomic E-state index is -2.41. The quantitative estimate of drug-likeness (QED) is 0.334. The van der Waals surface area contributed by atoms with Gasteiger partial charge < -0.3 is 14.3 Å². The van der Waals surface area contributed by atoms with E-state index in [1.54, 1.807) is 12.1 Å².